The molecule has 5 heteroatoms. The van der Waals surface area contributed by atoms with E-state index in [9.17, 15) is 0 Å². The fraction of sp³-hybridized carbons (Fsp3) is 0.600. The molecule has 3 nitrogen and oxygen atoms in total. The zero-order valence-electron chi connectivity index (χ0n) is 11.5. The summed E-state index contributed by atoms with van der Waals surface area (Å²) in [5.74, 6) is 0.876. The van der Waals surface area contributed by atoms with E-state index in [1.165, 1.54) is 32.5 Å². The van der Waals surface area contributed by atoms with Crippen LogP contribution < -0.4 is 10.6 Å². The summed E-state index contributed by atoms with van der Waals surface area (Å²) >= 11 is 12.0. The zero-order valence-corrected chi connectivity index (χ0v) is 13.1. The standard InChI is InChI=1S/C15H21Cl2N3/c16-12-7-13(17)9-14(8-12)18-3-4-19-15-10-20-5-1-11(15)2-6-20/h7-9,11,15,18-19H,1-6,10H2/t15-/m0/s1. The summed E-state index contributed by atoms with van der Waals surface area (Å²) in [7, 11) is 0. The first kappa shape index (κ1) is 14.5. The van der Waals surface area contributed by atoms with Gasteiger partial charge in [0.1, 0.15) is 0 Å². The number of anilines is 1. The van der Waals surface area contributed by atoms with Gasteiger partial charge in [0.15, 0.2) is 0 Å². The molecule has 3 heterocycles. The first-order valence-corrected chi connectivity index (χ1v) is 8.12. The normalized spacial score (nSPS) is 28.6. The maximum Gasteiger partial charge on any atom is 0.0441 e. The molecule has 2 bridgehead atoms. The summed E-state index contributed by atoms with van der Waals surface area (Å²) in [6.45, 7) is 5.66. The summed E-state index contributed by atoms with van der Waals surface area (Å²) in [5, 5.41) is 8.39. The molecule has 3 fully saturated rings. The largest absolute Gasteiger partial charge is 0.384 e. The third kappa shape index (κ3) is 3.59. The topological polar surface area (TPSA) is 27.3 Å². The van der Waals surface area contributed by atoms with Gasteiger partial charge in [-0.3, -0.25) is 0 Å². The lowest BCUT2D eigenvalue weighted by atomic mass is 9.84. The van der Waals surface area contributed by atoms with Gasteiger partial charge in [-0.1, -0.05) is 23.2 Å². The van der Waals surface area contributed by atoms with E-state index in [2.05, 4.69) is 15.5 Å². The van der Waals surface area contributed by atoms with Crippen molar-refractivity contribution >= 4 is 28.9 Å². The second kappa shape index (κ2) is 6.52. The highest BCUT2D eigenvalue weighted by molar-refractivity contribution is 6.35. The van der Waals surface area contributed by atoms with E-state index < -0.39 is 0 Å². The van der Waals surface area contributed by atoms with Crippen LogP contribution in [0.25, 0.3) is 0 Å². The Morgan fingerprint density at radius 2 is 1.75 bits per heavy atom. The van der Waals surface area contributed by atoms with Gasteiger partial charge in [-0.2, -0.15) is 0 Å². The van der Waals surface area contributed by atoms with Crippen molar-refractivity contribution < 1.29 is 0 Å². The lowest BCUT2D eigenvalue weighted by Gasteiger charge is -2.45. The van der Waals surface area contributed by atoms with Crippen molar-refractivity contribution in [2.45, 2.75) is 18.9 Å². The van der Waals surface area contributed by atoms with Crippen LogP contribution in [0.15, 0.2) is 18.2 Å². The molecule has 0 aromatic heterocycles. The minimum absolute atomic E-state index is 0.669. The lowest BCUT2D eigenvalue weighted by molar-refractivity contribution is 0.0735. The Morgan fingerprint density at radius 1 is 1.05 bits per heavy atom. The van der Waals surface area contributed by atoms with E-state index in [1.807, 2.05) is 12.1 Å². The number of hydrogen-bond acceptors (Lipinski definition) is 3. The van der Waals surface area contributed by atoms with Gasteiger partial charge >= 0.3 is 0 Å². The van der Waals surface area contributed by atoms with Crippen molar-refractivity contribution in [3.8, 4) is 0 Å². The maximum absolute atomic E-state index is 5.98. The van der Waals surface area contributed by atoms with Crippen LogP contribution in [-0.2, 0) is 0 Å². The molecular formula is C15H21Cl2N3. The number of nitrogens with one attached hydrogen (secondary N) is 2. The summed E-state index contributed by atoms with van der Waals surface area (Å²) in [6, 6.07) is 6.23. The molecule has 0 amide bonds. The van der Waals surface area contributed by atoms with Crippen LogP contribution in [0, 0.1) is 5.92 Å². The average molecular weight is 314 g/mol. The molecule has 20 heavy (non-hydrogen) atoms. The molecule has 0 spiro atoms. The summed E-state index contributed by atoms with van der Waals surface area (Å²) in [4.78, 5) is 2.57. The van der Waals surface area contributed by atoms with Crippen LogP contribution in [0.4, 0.5) is 5.69 Å². The minimum Gasteiger partial charge on any atom is -0.384 e. The second-order valence-corrected chi connectivity index (χ2v) is 6.66. The Kier molecular flexibility index (Phi) is 4.72. The number of fused-ring (bicyclic) bond motifs is 3. The Balaban J connectivity index is 1.42. The minimum atomic E-state index is 0.669. The molecule has 110 valence electrons. The van der Waals surface area contributed by atoms with Gasteiger partial charge in [0.2, 0.25) is 0 Å². The SMILES string of the molecule is Clc1cc(Cl)cc(NCCN[C@H]2CN3CCC2CC3)c1. The highest BCUT2D eigenvalue weighted by Crippen LogP contribution is 2.27. The predicted molar refractivity (Wildman–Crippen MR) is 85.9 cm³/mol. The van der Waals surface area contributed by atoms with Crippen LogP contribution >= 0.6 is 23.2 Å². The Labute approximate surface area is 130 Å². The number of hydrogen-bond donors (Lipinski definition) is 2. The predicted octanol–water partition coefficient (Wildman–Crippen LogP) is 3.09. The number of halogens is 2. The average Bonchev–Trinajstić information content (AvgIpc) is 2.44. The van der Waals surface area contributed by atoms with Gasteiger partial charge in [0.05, 0.1) is 0 Å². The molecule has 2 N–H and O–H groups in total. The van der Waals surface area contributed by atoms with Crippen molar-refractivity contribution in [1.29, 1.82) is 0 Å². The third-order valence-electron chi connectivity index (χ3n) is 4.38. The van der Waals surface area contributed by atoms with E-state index >= 15 is 0 Å². The number of rotatable bonds is 5. The van der Waals surface area contributed by atoms with Gasteiger partial charge in [-0.25, -0.2) is 0 Å². The summed E-state index contributed by atoms with van der Waals surface area (Å²) < 4.78 is 0. The number of benzene rings is 1. The van der Waals surface area contributed by atoms with Crippen molar-refractivity contribution in [2.75, 3.05) is 38.0 Å². The molecule has 3 aliphatic rings. The first-order chi connectivity index (χ1) is 9.70. The van der Waals surface area contributed by atoms with Crippen molar-refractivity contribution in [3.63, 3.8) is 0 Å². The summed E-state index contributed by atoms with van der Waals surface area (Å²) in [6.07, 6.45) is 2.71. The van der Waals surface area contributed by atoms with Crippen LogP contribution in [-0.4, -0.2) is 43.7 Å². The first-order valence-electron chi connectivity index (χ1n) is 7.36. The third-order valence-corrected chi connectivity index (χ3v) is 4.82. The van der Waals surface area contributed by atoms with Gasteiger partial charge in [0.25, 0.3) is 0 Å². The fourth-order valence-electron chi connectivity index (χ4n) is 3.32. The molecule has 4 rings (SSSR count). The van der Waals surface area contributed by atoms with Crippen molar-refractivity contribution in [2.24, 2.45) is 5.92 Å². The second-order valence-electron chi connectivity index (χ2n) is 5.78. The van der Waals surface area contributed by atoms with Crippen LogP contribution in [0.1, 0.15) is 12.8 Å². The van der Waals surface area contributed by atoms with E-state index in [-0.39, 0.29) is 0 Å². The molecule has 3 aliphatic heterocycles. The Hall–Kier alpha value is -0.480. The number of nitrogens with zero attached hydrogens (tertiary/aromatic N) is 1. The number of piperidine rings is 3. The molecule has 1 aromatic carbocycles. The molecule has 1 atom stereocenters. The summed E-state index contributed by atoms with van der Waals surface area (Å²) in [5.41, 5.74) is 0.984. The molecule has 0 aliphatic carbocycles. The molecular weight excluding hydrogens is 293 g/mol. The zero-order chi connectivity index (χ0) is 13.9. The van der Waals surface area contributed by atoms with E-state index in [0.29, 0.717) is 16.1 Å². The van der Waals surface area contributed by atoms with Gasteiger partial charge in [0, 0.05) is 41.4 Å². The fourth-order valence-corrected chi connectivity index (χ4v) is 3.84. The van der Waals surface area contributed by atoms with E-state index in [0.717, 1.165) is 24.7 Å². The van der Waals surface area contributed by atoms with Gasteiger partial charge in [-0.15, -0.1) is 0 Å². The van der Waals surface area contributed by atoms with E-state index in [1.54, 1.807) is 6.07 Å². The van der Waals surface area contributed by atoms with Crippen molar-refractivity contribution in [1.82, 2.24) is 10.2 Å². The highest BCUT2D eigenvalue weighted by Gasteiger charge is 2.33. The molecule has 0 radical (unpaired) electrons. The Morgan fingerprint density at radius 3 is 2.35 bits per heavy atom. The lowest BCUT2D eigenvalue weighted by Crippen LogP contribution is -2.56. The smallest absolute Gasteiger partial charge is 0.0441 e. The van der Waals surface area contributed by atoms with Crippen LogP contribution in [0.5, 0.6) is 0 Å². The van der Waals surface area contributed by atoms with Gasteiger partial charge < -0.3 is 15.5 Å². The molecule has 0 saturated carbocycles. The quantitative estimate of drug-likeness (QED) is 0.818. The van der Waals surface area contributed by atoms with Crippen LogP contribution in [0.3, 0.4) is 0 Å². The van der Waals surface area contributed by atoms with Gasteiger partial charge in [-0.05, 0) is 50.0 Å². The monoisotopic (exact) mass is 313 g/mol. The Bertz CT molecular complexity index is 438. The van der Waals surface area contributed by atoms with Crippen molar-refractivity contribution in [3.05, 3.63) is 28.2 Å². The maximum atomic E-state index is 5.98. The highest BCUT2D eigenvalue weighted by atomic mass is 35.5. The molecule has 1 aromatic rings. The molecule has 0 unspecified atom stereocenters. The van der Waals surface area contributed by atoms with Crippen LogP contribution in [0.2, 0.25) is 10.0 Å². The van der Waals surface area contributed by atoms with E-state index in [4.69, 9.17) is 23.2 Å². The molecule has 3 saturated heterocycles.